The first-order valence-corrected chi connectivity index (χ1v) is 7.68. The SMILES string of the molecule is Cc1cc(C(NN)C2C3C4CCC(C4)C32)cs1. The quantitative estimate of drug-likeness (QED) is 0.637. The summed E-state index contributed by atoms with van der Waals surface area (Å²) in [6.07, 6.45) is 4.50. The summed E-state index contributed by atoms with van der Waals surface area (Å²) in [6.45, 7) is 2.18. The molecule has 3 fully saturated rings. The van der Waals surface area contributed by atoms with Gasteiger partial charge in [0, 0.05) is 4.88 Å². The van der Waals surface area contributed by atoms with Gasteiger partial charge in [-0.25, -0.2) is 0 Å². The molecule has 3 heteroatoms. The van der Waals surface area contributed by atoms with Gasteiger partial charge < -0.3 is 0 Å². The molecule has 0 radical (unpaired) electrons. The summed E-state index contributed by atoms with van der Waals surface area (Å²) in [5, 5.41) is 2.29. The van der Waals surface area contributed by atoms with Crippen LogP contribution >= 0.6 is 11.3 Å². The van der Waals surface area contributed by atoms with Crippen molar-refractivity contribution in [3.8, 4) is 0 Å². The Kier molecular flexibility index (Phi) is 2.21. The van der Waals surface area contributed by atoms with E-state index in [1.807, 2.05) is 11.3 Å². The molecule has 1 heterocycles. The summed E-state index contributed by atoms with van der Waals surface area (Å²) in [7, 11) is 0. The second-order valence-corrected chi connectivity index (χ2v) is 7.32. The van der Waals surface area contributed by atoms with Crippen molar-refractivity contribution in [2.45, 2.75) is 32.2 Å². The topological polar surface area (TPSA) is 38.0 Å². The number of hydrazine groups is 1. The summed E-state index contributed by atoms with van der Waals surface area (Å²) >= 11 is 1.84. The lowest BCUT2D eigenvalue weighted by molar-refractivity contribution is 0.374. The van der Waals surface area contributed by atoms with Crippen LogP contribution < -0.4 is 11.3 Å². The molecule has 0 amide bonds. The molecule has 2 bridgehead atoms. The van der Waals surface area contributed by atoms with Gasteiger partial charge in [0.05, 0.1) is 6.04 Å². The third-order valence-electron chi connectivity index (χ3n) is 5.47. The highest BCUT2D eigenvalue weighted by Gasteiger charge is 2.66. The van der Waals surface area contributed by atoms with Gasteiger partial charge in [-0.1, -0.05) is 0 Å². The molecule has 1 aromatic heterocycles. The van der Waals surface area contributed by atoms with Gasteiger partial charge >= 0.3 is 0 Å². The molecule has 3 aliphatic carbocycles. The van der Waals surface area contributed by atoms with Crippen LogP contribution in [-0.4, -0.2) is 0 Å². The van der Waals surface area contributed by atoms with Crippen LogP contribution in [0.15, 0.2) is 11.4 Å². The van der Waals surface area contributed by atoms with Crippen molar-refractivity contribution < 1.29 is 0 Å². The summed E-state index contributed by atoms with van der Waals surface area (Å²) in [6, 6.07) is 2.73. The number of nitrogens with two attached hydrogens (primary N) is 1. The van der Waals surface area contributed by atoms with E-state index in [0.717, 1.165) is 29.6 Å². The van der Waals surface area contributed by atoms with E-state index >= 15 is 0 Å². The lowest BCUT2D eigenvalue weighted by Gasteiger charge is -2.18. The summed E-state index contributed by atoms with van der Waals surface area (Å²) in [4.78, 5) is 1.40. The van der Waals surface area contributed by atoms with Gasteiger partial charge in [-0.3, -0.25) is 11.3 Å². The van der Waals surface area contributed by atoms with Crippen molar-refractivity contribution >= 4 is 11.3 Å². The number of hydrogen-bond donors (Lipinski definition) is 2. The van der Waals surface area contributed by atoms with Crippen LogP contribution in [0.3, 0.4) is 0 Å². The molecule has 0 saturated heterocycles. The normalized spacial score (nSPS) is 43.8. The molecule has 3 saturated carbocycles. The zero-order valence-corrected chi connectivity index (χ0v) is 11.0. The van der Waals surface area contributed by atoms with Crippen LogP contribution in [0.1, 0.15) is 35.7 Å². The maximum atomic E-state index is 5.82. The van der Waals surface area contributed by atoms with E-state index in [4.69, 9.17) is 5.84 Å². The van der Waals surface area contributed by atoms with Crippen molar-refractivity contribution in [2.75, 3.05) is 0 Å². The zero-order chi connectivity index (χ0) is 11.6. The van der Waals surface area contributed by atoms with E-state index in [1.165, 1.54) is 29.7 Å². The van der Waals surface area contributed by atoms with Crippen molar-refractivity contribution in [1.82, 2.24) is 5.43 Å². The van der Waals surface area contributed by atoms with E-state index in [2.05, 4.69) is 23.8 Å². The maximum absolute atomic E-state index is 5.82. The van der Waals surface area contributed by atoms with Crippen molar-refractivity contribution in [3.05, 3.63) is 21.9 Å². The van der Waals surface area contributed by atoms with Crippen LogP contribution in [0.2, 0.25) is 0 Å². The highest BCUT2D eigenvalue weighted by Crippen LogP contribution is 2.72. The van der Waals surface area contributed by atoms with Crippen LogP contribution in [0.4, 0.5) is 0 Å². The predicted octanol–water partition coefficient (Wildman–Crippen LogP) is 2.85. The average Bonchev–Trinajstić information content (AvgIpc) is 2.73. The summed E-state index contributed by atoms with van der Waals surface area (Å²) in [5.41, 5.74) is 4.52. The molecule has 1 aromatic rings. The number of aryl methyl sites for hydroxylation is 1. The molecule has 0 aliphatic heterocycles. The molecule has 4 rings (SSSR count). The number of hydrogen-bond acceptors (Lipinski definition) is 3. The molecule has 5 unspecified atom stereocenters. The van der Waals surface area contributed by atoms with E-state index in [0.29, 0.717) is 6.04 Å². The van der Waals surface area contributed by atoms with Gasteiger partial charge in [-0.2, -0.15) is 0 Å². The Morgan fingerprint density at radius 2 is 2.06 bits per heavy atom. The van der Waals surface area contributed by atoms with Crippen LogP contribution in [-0.2, 0) is 0 Å². The molecule has 0 aromatic carbocycles. The Morgan fingerprint density at radius 3 is 2.59 bits per heavy atom. The third kappa shape index (κ3) is 1.39. The Hall–Kier alpha value is -0.380. The number of rotatable bonds is 3. The van der Waals surface area contributed by atoms with E-state index in [-0.39, 0.29) is 0 Å². The highest BCUT2D eigenvalue weighted by molar-refractivity contribution is 7.10. The second kappa shape index (κ2) is 3.56. The molecule has 17 heavy (non-hydrogen) atoms. The first-order valence-electron chi connectivity index (χ1n) is 6.80. The Bertz CT molecular complexity index is 425. The van der Waals surface area contributed by atoms with Crippen LogP contribution in [0.5, 0.6) is 0 Å². The molecule has 3 N–H and O–H groups in total. The van der Waals surface area contributed by atoms with E-state index in [1.54, 1.807) is 0 Å². The number of thiophene rings is 1. The van der Waals surface area contributed by atoms with Gasteiger partial charge in [0.25, 0.3) is 0 Å². The lowest BCUT2D eigenvalue weighted by atomic mass is 9.94. The highest BCUT2D eigenvalue weighted by atomic mass is 32.1. The molecule has 92 valence electrons. The fraction of sp³-hybridized carbons (Fsp3) is 0.714. The third-order valence-corrected chi connectivity index (χ3v) is 6.35. The van der Waals surface area contributed by atoms with Crippen molar-refractivity contribution in [3.63, 3.8) is 0 Å². The lowest BCUT2D eigenvalue weighted by Crippen LogP contribution is -2.31. The van der Waals surface area contributed by atoms with Gasteiger partial charge in [0.15, 0.2) is 0 Å². The number of nitrogens with one attached hydrogen (secondary N) is 1. The van der Waals surface area contributed by atoms with Crippen LogP contribution in [0, 0.1) is 36.5 Å². The fourth-order valence-electron chi connectivity index (χ4n) is 4.89. The Labute approximate surface area is 107 Å². The van der Waals surface area contributed by atoms with Crippen molar-refractivity contribution in [1.29, 1.82) is 0 Å². The first-order chi connectivity index (χ1) is 8.29. The van der Waals surface area contributed by atoms with Gasteiger partial charge in [-0.05, 0) is 72.8 Å². The van der Waals surface area contributed by atoms with Gasteiger partial charge in [-0.15, -0.1) is 11.3 Å². The Balaban J connectivity index is 1.59. The minimum atomic E-state index is 0.415. The minimum absolute atomic E-state index is 0.415. The predicted molar refractivity (Wildman–Crippen MR) is 70.4 cm³/mol. The summed E-state index contributed by atoms with van der Waals surface area (Å²) in [5.74, 6) is 10.7. The molecule has 0 spiro atoms. The summed E-state index contributed by atoms with van der Waals surface area (Å²) < 4.78 is 0. The minimum Gasteiger partial charge on any atom is -0.271 e. The van der Waals surface area contributed by atoms with Crippen molar-refractivity contribution in [2.24, 2.45) is 35.4 Å². The first kappa shape index (κ1) is 10.5. The standard InChI is InChI=1S/C14H20N2S/c1-7-4-10(6-17-7)14(16-15)13-11-8-2-3-9(5-8)12(11)13/h4,6,8-9,11-14,16H,2-3,5,15H2,1H3. The maximum Gasteiger partial charge on any atom is 0.0502 e. The molecular weight excluding hydrogens is 228 g/mol. The average molecular weight is 248 g/mol. The Morgan fingerprint density at radius 1 is 1.35 bits per heavy atom. The molecule has 5 atom stereocenters. The molecular formula is C14H20N2S. The van der Waals surface area contributed by atoms with Gasteiger partial charge in [0.2, 0.25) is 0 Å². The number of fused-ring (bicyclic) bond motifs is 5. The monoisotopic (exact) mass is 248 g/mol. The zero-order valence-electron chi connectivity index (χ0n) is 10.2. The van der Waals surface area contributed by atoms with E-state index in [9.17, 15) is 0 Å². The van der Waals surface area contributed by atoms with E-state index < -0.39 is 0 Å². The smallest absolute Gasteiger partial charge is 0.0502 e. The molecule has 3 aliphatic rings. The largest absolute Gasteiger partial charge is 0.271 e. The fourth-order valence-corrected chi connectivity index (χ4v) is 5.64. The van der Waals surface area contributed by atoms with Crippen LogP contribution in [0.25, 0.3) is 0 Å². The van der Waals surface area contributed by atoms with Gasteiger partial charge in [0.1, 0.15) is 0 Å². The molecule has 2 nitrogen and oxygen atoms in total. The second-order valence-electron chi connectivity index (χ2n) is 6.20.